The molecule has 0 fully saturated rings. The second-order valence-corrected chi connectivity index (χ2v) is 16.2. The van der Waals surface area contributed by atoms with E-state index in [1.807, 2.05) is 30.3 Å². The fraction of sp³-hybridized carbons (Fsp3) is 0.0172. The fourth-order valence-electron chi connectivity index (χ4n) is 10.4. The summed E-state index contributed by atoms with van der Waals surface area (Å²) in [6.45, 7) is 0. The molecule has 2 aromatic heterocycles. The number of rotatable bonds is 5. The molecule has 2 heterocycles. The van der Waals surface area contributed by atoms with Crippen LogP contribution in [0.15, 0.2) is 217 Å². The van der Waals surface area contributed by atoms with E-state index in [2.05, 4.69) is 182 Å². The van der Waals surface area contributed by atoms with E-state index in [9.17, 15) is 0 Å². The Bertz CT molecular complexity index is 3540. The van der Waals surface area contributed by atoms with E-state index in [0.717, 1.165) is 60.9 Å². The van der Waals surface area contributed by atoms with Gasteiger partial charge in [0.15, 0.2) is 17.5 Å². The zero-order chi connectivity index (χ0) is 40.8. The molecule has 11 aromatic rings. The molecule has 2 aliphatic carbocycles. The van der Waals surface area contributed by atoms with Crippen molar-refractivity contribution < 1.29 is 4.42 Å². The van der Waals surface area contributed by atoms with Crippen LogP contribution in [0.25, 0.3) is 101 Å². The number of hydrogen-bond donors (Lipinski definition) is 0. The summed E-state index contributed by atoms with van der Waals surface area (Å²) in [5.74, 6) is 1.85. The van der Waals surface area contributed by atoms with Gasteiger partial charge in [-0.1, -0.05) is 188 Å². The lowest BCUT2D eigenvalue weighted by molar-refractivity contribution is 0.669. The smallest absolute Gasteiger partial charge is 0.164 e. The summed E-state index contributed by atoms with van der Waals surface area (Å²) in [5, 5.41) is 2.22. The largest absolute Gasteiger partial charge is 0.456 e. The zero-order valence-corrected chi connectivity index (χ0v) is 33.5. The molecule has 0 unspecified atom stereocenters. The molecule has 4 nitrogen and oxygen atoms in total. The predicted octanol–water partition coefficient (Wildman–Crippen LogP) is 14.4. The van der Waals surface area contributed by atoms with Crippen LogP contribution in [-0.4, -0.2) is 15.0 Å². The third kappa shape index (κ3) is 4.98. The normalized spacial score (nSPS) is 13.0. The second kappa shape index (κ2) is 13.4. The van der Waals surface area contributed by atoms with Crippen molar-refractivity contribution in [2.75, 3.05) is 0 Å². The minimum absolute atomic E-state index is 0.506. The summed E-state index contributed by atoms with van der Waals surface area (Å²) < 4.78 is 6.28. The molecule has 0 amide bonds. The fourth-order valence-corrected chi connectivity index (χ4v) is 10.4. The number of fused-ring (bicyclic) bond motifs is 13. The Morgan fingerprint density at radius 2 is 0.758 bits per heavy atom. The van der Waals surface area contributed by atoms with Gasteiger partial charge in [-0.15, -0.1) is 0 Å². The lowest BCUT2D eigenvalue weighted by Crippen LogP contribution is -2.26. The van der Waals surface area contributed by atoms with Crippen molar-refractivity contribution in [2.45, 2.75) is 5.41 Å². The van der Waals surface area contributed by atoms with E-state index in [0.29, 0.717) is 17.5 Å². The number of para-hydroxylation sites is 1. The van der Waals surface area contributed by atoms with Gasteiger partial charge in [0.05, 0.1) is 5.41 Å². The van der Waals surface area contributed by atoms with Crippen molar-refractivity contribution >= 4 is 21.9 Å². The van der Waals surface area contributed by atoms with Gasteiger partial charge in [0.2, 0.25) is 0 Å². The molecule has 2 aliphatic rings. The van der Waals surface area contributed by atoms with Gasteiger partial charge < -0.3 is 4.42 Å². The molecule has 0 bridgehead atoms. The van der Waals surface area contributed by atoms with Gasteiger partial charge in [0, 0.05) is 27.5 Å². The lowest BCUT2D eigenvalue weighted by Gasteiger charge is -2.32. The minimum atomic E-state index is -0.506. The molecule has 4 heteroatoms. The van der Waals surface area contributed by atoms with E-state index in [1.165, 1.54) is 44.5 Å². The average molecular weight is 790 g/mol. The first-order valence-electron chi connectivity index (χ1n) is 21.1. The maximum Gasteiger partial charge on any atom is 0.164 e. The summed E-state index contributed by atoms with van der Waals surface area (Å²) in [5.41, 5.74) is 18.7. The molecule has 1 spiro atoms. The van der Waals surface area contributed by atoms with Crippen LogP contribution < -0.4 is 0 Å². The van der Waals surface area contributed by atoms with Crippen LogP contribution in [0.2, 0.25) is 0 Å². The molecule has 0 atom stereocenters. The van der Waals surface area contributed by atoms with Gasteiger partial charge in [-0.3, -0.25) is 0 Å². The standard InChI is InChI=1S/C58H35N3O/c1-2-16-36(17-3-1)55-59-56(39-19-14-18-37(34-39)38-32-33-45-44-24-9-13-31-52(44)62-53(45)35-38)61-57(60-55)48-25-5-4-20-40(48)46-26-15-27-47-43-23-8-12-30-51(43)58(54(46)47)49-28-10-6-21-41(49)42-22-7-11-29-50(42)58/h1-35H. The summed E-state index contributed by atoms with van der Waals surface area (Å²) in [7, 11) is 0. The molecular formula is C58H35N3O. The Kier molecular flexibility index (Phi) is 7.49. The Balaban J connectivity index is 1.01. The van der Waals surface area contributed by atoms with Crippen molar-refractivity contribution in [3.05, 3.63) is 235 Å². The van der Waals surface area contributed by atoms with Crippen LogP contribution in [0.4, 0.5) is 0 Å². The van der Waals surface area contributed by atoms with Gasteiger partial charge in [0.25, 0.3) is 0 Å². The van der Waals surface area contributed by atoms with E-state index >= 15 is 0 Å². The monoisotopic (exact) mass is 789 g/mol. The SMILES string of the molecule is c1ccc(-c2nc(-c3cccc(-c4ccc5c(c4)oc4ccccc45)c3)nc(-c3ccccc3-c3cccc4c3C3(c5ccccc5-c5ccccc53)c3ccccc3-4)n2)cc1. The van der Waals surface area contributed by atoms with Crippen molar-refractivity contribution in [2.24, 2.45) is 0 Å². The Hall–Kier alpha value is -8.21. The Labute approximate surface area is 358 Å². The van der Waals surface area contributed by atoms with Crippen molar-refractivity contribution in [1.29, 1.82) is 0 Å². The number of benzene rings is 9. The van der Waals surface area contributed by atoms with E-state index in [4.69, 9.17) is 19.4 Å². The van der Waals surface area contributed by atoms with Gasteiger partial charge in [0.1, 0.15) is 11.2 Å². The third-order valence-electron chi connectivity index (χ3n) is 13.0. The molecule has 0 aliphatic heterocycles. The second-order valence-electron chi connectivity index (χ2n) is 16.2. The van der Waals surface area contributed by atoms with Gasteiger partial charge >= 0.3 is 0 Å². The number of aromatic nitrogens is 3. The summed E-state index contributed by atoms with van der Waals surface area (Å²) in [4.78, 5) is 15.8. The number of furan rings is 1. The minimum Gasteiger partial charge on any atom is -0.456 e. The topological polar surface area (TPSA) is 51.8 Å². The first kappa shape index (κ1) is 34.6. The van der Waals surface area contributed by atoms with Crippen LogP contribution in [0.1, 0.15) is 22.3 Å². The van der Waals surface area contributed by atoms with Crippen LogP contribution >= 0.6 is 0 Å². The summed E-state index contributed by atoms with van der Waals surface area (Å²) in [6, 6.07) is 75.6. The van der Waals surface area contributed by atoms with E-state index in [-0.39, 0.29) is 0 Å². The highest BCUT2D eigenvalue weighted by Gasteiger charge is 2.52. The molecule has 0 saturated heterocycles. The van der Waals surface area contributed by atoms with Crippen molar-refractivity contribution in [1.82, 2.24) is 15.0 Å². The first-order chi connectivity index (χ1) is 30.7. The highest BCUT2D eigenvalue weighted by atomic mass is 16.3. The number of nitrogens with zero attached hydrogens (tertiary/aromatic N) is 3. The Morgan fingerprint density at radius 1 is 0.290 bits per heavy atom. The Morgan fingerprint density at radius 3 is 1.48 bits per heavy atom. The summed E-state index contributed by atoms with van der Waals surface area (Å²) >= 11 is 0. The quantitative estimate of drug-likeness (QED) is 0.174. The zero-order valence-electron chi connectivity index (χ0n) is 33.5. The van der Waals surface area contributed by atoms with Gasteiger partial charge in [-0.05, 0) is 91.0 Å². The maximum absolute atomic E-state index is 6.28. The maximum atomic E-state index is 6.28. The molecule has 0 N–H and O–H groups in total. The van der Waals surface area contributed by atoms with Crippen LogP contribution in [0.5, 0.6) is 0 Å². The van der Waals surface area contributed by atoms with Crippen molar-refractivity contribution in [3.63, 3.8) is 0 Å². The highest BCUT2D eigenvalue weighted by Crippen LogP contribution is 2.64. The van der Waals surface area contributed by atoms with Crippen LogP contribution in [-0.2, 0) is 5.41 Å². The third-order valence-corrected chi connectivity index (χ3v) is 13.0. The first-order valence-corrected chi connectivity index (χ1v) is 21.1. The molecule has 0 radical (unpaired) electrons. The predicted molar refractivity (Wildman–Crippen MR) is 251 cm³/mol. The lowest BCUT2D eigenvalue weighted by atomic mass is 9.68. The van der Waals surface area contributed by atoms with E-state index < -0.39 is 5.41 Å². The molecule has 62 heavy (non-hydrogen) atoms. The van der Waals surface area contributed by atoms with E-state index in [1.54, 1.807) is 0 Å². The van der Waals surface area contributed by atoms with Gasteiger partial charge in [-0.25, -0.2) is 15.0 Å². The molecule has 13 rings (SSSR count). The molecule has 0 saturated carbocycles. The van der Waals surface area contributed by atoms with Crippen LogP contribution in [0.3, 0.4) is 0 Å². The number of hydrogen-bond acceptors (Lipinski definition) is 4. The molecular weight excluding hydrogens is 755 g/mol. The highest BCUT2D eigenvalue weighted by molar-refractivity contribution is 6.06. The summed E-state index contributed by atoms with van der Waals surface area (Å²) in [6.07, 6.45) is 0. The molecule has 9 aromatic carbocycles. The van der Waals surface area contributed by atoms with Crippen molar-refractivity contribution in [3.8, 4) is 78.7 Å². The molecule has 288 valence electrons. The van der Waals surface area contributed by atoms with Gasteiger partial charge in [-0.2, -0.15) is 0 Å². The average Bonchev–Trinajstić information content (AvgIpc) is 3.98. The van der Waals surface area contributed by atoms with Crippen LogP contribution in [0, 0.1) is 0 Å².